The first-order valence-electron chi connectivity index (χ1n) is 6.56. The van der Waals surface area contributed by atoms with E-state index in [-0.39, 0.29) is 11.9 Å². The summed E-state index contributed by atoms with van der Waals surface area (Å²) in [5.74, 6) is 0.929. The number of fused-ring (bicyclic) bond motifs is 1. The maximum atomic E-state index is 13.6. The first-order valence-corrected chi connectivity index (χ1v) is 7.35. The Kier molecular flexibility index (Phi) is 3.87. The Morgan fingerprint density at radius 1 is 1.29 bits per heavy atom. The van der Waals surface area contributed by atoms with Gasteiger partial charge >= 0.3 is 0 Å². The van der Waals surface area contributed by atoms with Crippen molar-refractivity contribution in [2.75, 3.05) is 7.11 Å². The quantitative estimate of drug-likeness (QED) is 0.882. The third-order valence-corrected chi connectivity index (χ3v) is 4.24. The van der Waals surface area contributed by atoms with Gasteiger partial charge in [-0.25, -0.2) is 4.39 Å². The van der Waals surface area contributed by atoms with Gasteiger partial charge in [-0.1, -0.05) is 6.07 Å². The molecule has 3 nitrogen and oxygen atoms in total. The van der Waals surface area contributed by atoms with E-state index in [4.69, 9.17) is 9.47 Å². The van der Waals surface area contributed by atoms with Crippen LogP contribution in [0.25, 0.3) is 0 Å². The largest absolute Gasteiger partial charge is 0.497 e. The molecule has 3 rings (SSSR count). The van der Waals surface area contributed by atoms with E-state index >= 15 is 0 Å². The monoisotopic (exact) mass is 352 g/mol. The van der Waals surface area contributed by atoms with Crippen LogP contribution < -0.4 is 9.47 Å². The first kappa shape index (κ1) is 14.4. The third-order valence-electron chi connectivity index (χ3n) is 3.60. The number of hydrogen-bond donors (Lipinski definition) is 1. The van der Waals surface area contributed by atoms with Gasteiger partial charge in [0, 0.05) is 12.0 Å². The van der Waals surface area contributed by atoms with Crippen LogP contribution in [0.5, 0.6) is 11.5 Å². The second kappa shape index (κ2) is 5.66. The molecule has 1 N–H and O–H groups in total. The molecule has 110 valence electrons. The Balaban J connectivity index is 1.92. The van der Waals surface area contributed by atoms with Crippen molar-refractivity contribution in [3.05, 3.63) is 57.8 Å². The Labute approximate surface area is 130 Å². The Morgan fingerprint density at radius 2 is 2.10 bits per heavy atom. The molecule has 0 amide bonds. The van der Waals surface area contributed by atoms with Crippen molar-refractivity contribution < 1.29 is 19.0 Å². The molecular weight excluding hydrogens is 339 g/mol. The fourth-order valence-electron chi connectivity index (χ4n) is 2.47. The SMILES string of the molecule is COc1ccc2c(c1)[C@H](O)CC(c1ccc(Br)c(F)c1)O2. The molecule has 1 aliphatic heterocycles. The molecule has 21 heavy (non-hydrogen) atoms. The molecule has 2 aromatic rings. The van der Waals surface area contributed by atoms with Gasteiger partial charge in [-0.2, -0.15) is 0 Å². The first-order chi connectivity index (χ1) is 10.1. The zero-order valence-electron chi connectivity index (χ0n) is 11.3. The van der Waals surface area contributed by atoms with Crippen molar-refractivity contribution >= 4 is 15.9 Å². The van der Waals surface area contributed by atoms with Crippen LogP contribution in [0.2, 0.25) is 0 Å². The van der Waals surface area contributed by atoms with Crippen LogP contribution in [0, 0.1) is 5.82 Å². The number of aliphatic hydroxyl groups excluding tert-OH is 1. The molecule has 2 atom stereocenters. The van der Waals surface area contributed by atoms with Crippen LogP contribution in [-0.4, -0.2) is 12.2 Å². The van der Waals surface area contributed by atoms with Gasteiger partial charge in [0.05, 0.1) is 17.7 Å². The van der Waals surface area contributed by atoms with E-state index in [1.165, 1.54) is 6.07 Å². The number of rotatable bonds is 2. The number of halogens is 2. The van der Waals surface area contributed by atoms with Crippen molar-refractivity contribution in [2.45, 2.75) is 18.6 Å². The molecule has 1 unspecified atom stereocenters. The topological polar surface area (TPSA) is 38.7 Å². The lowest BCUT2D eigenvalue weighted by Crippen LogP contribution is -2.19. The molecule has 0 saturated carbocycles. The number of hydrogen-bond acceptors (Lipinski definition) is 3. The van der Waals surface area contributed by atoms with E-state index in [0.29, 0.717) is 33.5 Å². The molecule has 0 spiro atoms. The molecule has 5 heteroatoms. The molecule has 1 aliphatic rings. The predicted molar refractivity (Wildman–Crippen MR) is 80.0 cm³/mol. The predicted octanol–water partition coefficient (Wildman–Crippen LogP) is 4.15. The summed E-state index contributed by atoms with van der Waals surface area (Å²) in [6.07, 6.45) is -0.662. The zero-order valence-corrected chi connectivity index (χ0v) is 12.9. The van der Waals surface area contributed by atoms with Crippen molar-refractivity contribution in [1.29, 1.82) is 0 Å². The number of ether oxygens (including phenoxy) is 2. The van der Waals surface area contributed by atoms with Gasteiger partial charge in [0.1, 0.15) is 23.4 Å². The molecule has 0 bridgehead atoms. The van der Waals surface area contributed by atoms with E-state index in [9.17, 15) is 9.50 Å². The molecule has 0 radical (unpaired) electrons. The molecule has 0 fully saturated rings. The van der Waals surface area contributed by atoms with Gasteiger partial charge in [0.15, 0.2) is 0 Å². The minimum absolute atomic E-state index is 0.342. The number of methoxy groups -OCH3 is 1. The molecule has 1 heterocycles. The number of benzene rings is 2. The highest BCUT2D eigenvalue weighted by Gasteiger charge is 2.28. The second-order valence-corrected chi connectivity index (χ2v) is 5.79. The highest BCUT2D eigenvalue weighted by molar-refractivity contribution is 9.10. The average Bonchev–Trinajstić information content (AvgIpc) is 2.49. The van der Waals surface area contributed by atoms with Crippen molar-refractivity contribution in [3.63, 3.8) is 0 Å². The van der Waals surface area contributed by atoms with Crippen LogP contribution in [0.3, 0.4) is 0 Å². The molecule has 0 aromatic heterocycles. The fraction of sp³-hybridized carbons (Fsp3) is 0.250. The zero-order chi connectivity index (χ0) is 15.0. The van der Waals surface area contributed by atoms with Crippen LogP contribution in [0.4, 0.5) is 4.39 Å². The van der Waals surface area contributed by atoms with Crippen LogP contribution in [0.1, 0.15) is 29.8 Å². The highest BCUT2D eigenvalue weighted by atomic mass is 79.9. The summed E-state index contributed by atoms with van der Waals surface area (Å²) >= 11 is 3.13. The van der Waals surface area contributed by atoms with Crippen LogP contribution in [0.15, 0.2) is 40.9 Å². The average molecular weight is 353 g/mol. The van der Waals surface area contributed by atoms with Crippen molar-refractivity contribution in [2.24, 2.45) is 0 Å². The van der Waals surface area contributed by atoms with Gasteiger partial charge in [0.2, 0.25) is 0 Å². The van der Waals surface area contributed by atoms with Crippen molar-refractivity contribution in [3.8, 4) is 11.5 Å². The maximum absolute atomic E-state index is 13.6. The summed E-state index contributed by atoms with van der Waals surface area (Å²) in [7, 11) is 1.57. The summed E-state index contributed by atoms with van der Waals surface area (Å²) < 4.78 is 25.1. The van der Waals surface area contributed by atoms with E-state index in [2.05, 4.69) is 15.9 Å². The minimum Gasteiger partial charge on any atom is -0.497 e. The van der Waals surface area contributed by atoms with Gasteiger partial charge in [0.25, 0.3) is 0 Å². The molecule has 2 aromatic carbocycles. The van der Waals surface area contributed by atoms with Gasteiger partial charge in [-0.05, 0) is 51.8 Å². The Morgan fingerprint density at radius 3 is 2.81 bits per heavy atom. The normalized spacial score (nSPS) is 20.6. The molecule has 0 aliphatic carbocycles. The molecular formula is C16H14BrFO3. The lowest BCUT2D eigenvalue weighted by molar-refractivity contribution is 0.0653. The molecule has 0 saturated heterocycles. The Hall–Kier alpha value is -1.59. The maximum Gasteiger partial charge on any atom is 0.137 e. The smallest absolute Gasteiger partial charge is 0.137 e. The van der Waals surface area contributed by atoms with Gasteiger partial charge < -0.3 is 14.6 Å². The Bertz CT molecular complexity index is 675. The van der Waals surface area contributed by atoms with Crippen LogP contribution >= 0.6 is 15.9 Å². The highest BCUT2D eigenvalue weighted by Crippen LogP contribution is 2.42. The number of aliphatic hydroxyl groups is 1. The van der Waals surface area contributed by atoms with E-state index < -0.39 is 6.10 Å². The summed E-state index contributed by atoms with van der Waals surface area (Å²) in [6.45, 7) is 0. The minimum atomic E-state index is -0.666. The fourth-order valence-corrected chi connectivity index (χ4v) is 2.72. The van der Waals surface area contributed by atoms with Crippen molar-refractivity contribution in [1.82, 2.24) is 0 Å². The van der Waals surface area contributed by atoms with E-state index in [0.717, 1.165) is 0 Å². The van der Waals surface area contributed by atoms with Gasteiger partial charge in [-0.15, -0.1) is 0 Å². The van der Waals surface area contributed by atoms with Crippen LogP contribution in [-0.2, 0) is 0 Å². The summed E-state index contributed by atoms with van der Waals surface area (Å²) in [6, 6.07) is 10.2. The van der Waals surface area contributed by atoms with E-state index in [1.807, 2.05) is 0 Å². The lowest BCUT2D eigenvalue weighted by atomic mass is 9.95. The standard InChI is InChI=1S/C16H14BrFO3/c1-20-10-3-5-15-11(7-10)14(19)8-16(21-15)9-2-4-12(17)13(18)6-9/h2-7,14,16,19H,8H2,1H3/t14-,16?/m1/s1. The lowest BCUT2D eigenvalue weighted by Gasteiger charge is -2.30. The summed E-state index contributed by atoms with van der Waals surface area (Å²) in [5.41, 5.74) is 1.40. The summed E-state index contributed by atoms with van der Waals surface area (Å²) in [4.78, 5) is 0. The summed E-state index contributed by atoms with van der Waals surface area (Å²) in [5, 5.41) is 10.3. The van der Waals surface area contributed by atoms with E-state index in [1.54, 1.807) is 37.4 Å². The second-order valence-electron chi connectivity index (χ2n) is 4.94. The third kappa shape index (κ3) is 2.76. The van der Waals surface area contributed by atoms with Gasteiger partial charge in [-0.3, -0.25) is 0 Å².